The Hall–Kier alpha value is -1.81. The topological polar surface area (TPSA) is 46.3 Å². The third kappa shape index (κ3) is 2.96. The minimum absolute atomic E-state index is 0.100. The van der Waals surface area contributed by atoms with Gasteiger partial charge in [0, 0.05) is 18.1 Å². The van der Waals surface area contributed by atoms with Gasteiger partial charge in [0.1, 0.15) is 0 Å². The molecule has 1 unspecified atom stereocenters. The van der Waals surface area contributed by atoms with E-state index in [-0.39, 0.29) is 17.7 Å². The quantitative estimate of drug-likeness (QED) is 0.864. The number of hydrogen-bond donors (Lipinski definition) is 0. The summed E-state index contributed by atoms with van der Waals surface area (Å²) in [7, 11) is 1.73. The first-order valence-electron chi connectivity index (χ1n) is 5.95. The van der Waals surface area contributed by atoms with Gasteiger partial charge in [0.25, 0.3) is 5.91 Å². The van der Waals surface area contributed by atoms with Crippen molar-refractivity contribution in [3.63, 3.8) is 0 Å². The lowest BCUT2D eigenvalue weighted by Gasteiger charge is -2.24. The minimum atomic E-state index is -0.201. The summed E-state index contributed by atoms with van der Waals surface area (Å²) in [5, 5.41) is 4.38. The van der Waals surface area contributed by atoms with Gasteiger partial charge in [-0.1, -0.05) is 28.9 Å². The number of benzene rings is 1. The van der Waals surface area contributed by atoms with Crippen LogP contribution in [0.15, 0.2) is 34.9 Å². The maximum Gasteiger partial charge on any atom is 0.292 e. The molecule has 0 saturated heterocycles. The van der Waals surface area contributed by atoms with Gasteiger partial charge in [-0.15, -0.1) is 0 Å². The van der Waals surface area contributed by atoms with Crippen molar-refractivity contribution in [2.75, 3.05) is 7.05 Å². The maximum atomic E-state index is 12.2. The molecule has 19 heavy (non-hydrogen) atoms. The predicted octanol–water partition coefficient (Wildman–Crippen LogP) is 3.47. The first-order valence-corrected chi connectivity index (χ1v) is 6.33. The number of aryl methyl sites for hydroxylation is 1. The van der Waals surface area contributed by atoms with Crippen molar-refractivity contribution in [2.24, 2.45) is 0 Å². The van der Waals surface area contributed by atoms with E-state index in [1.807, 2.05) is 25.1 Å². The van der Waals surface area contributed by atoms with Crippen LogP contribution in [0.4, 0.5) is 0 Å². The lowest BCUT2D eigenvalue weighted by Crippen LogP contribution is -2.29. The second-order valence-corrected chi connectivity index (χ2v) is 4.92. The van der Waals surface area contributed by atoms with Crippen LogP contribution in [0.1, 0.15) is 34.8 Å². The monoisotopic (exact) mass is 278 g/mol. The number of halogens is 1. The standard InChI is InChI=1S/C14H15ClN2O2/c1-9-7-13(19-16-9)14(18)17(3)10(2)11-5-4-6-12(15)8-11/h4-8,10H,1-3H3. The zero-order chi connectivity index (χ0) is 14.0. The highest BCUT2D eigenvalue weighted by Crippen LogP contribution is 2.23. The van der Waals surface area contributed by atoms with Crippen LogP contribution >= 0.6 is 11.6 Å². The van der Waals surface area contributed by atoms with Crippen LogP contribution in [0.25, 0.3) is 0 Å². The summed E-state index contributed by atoms with van der Waals surface area (Å²) in [6.45, 7) is 3.72. The van der Waals surface area contributed by atoms with Gasteiger partial charge in [-0.05, 0) is 31.5 Å². The van der Waals surface area contributed by atoms with E-state index in [2.05, 4.69) is 5.16 Å². The maximum absolute atomic E-state index is 12.2. The molecule has 2 rings (SSSR count). The molecular weight excluding hydrogens is 264 g/mol. The second-order valence-electron chi connectivity index (χ2n) is 4.48. The molecule has 0 saturated carbocycles. The lowest BCUT2D eigenvalue weighted by molar-refractivity contribution is 0.0700. The van der Waals surface area contributed by atoms with Crippen molar-refractivity contribution in [3.05, 3.63) is 52.4 Å². The van der Waals surface area contributed by atoms with Gasteiger partial charge in [0.05, 0.1) is 11.7 Å². The fraction of sp³-hybridized carbons (Fsp3) is 0.286. The number of amides is 1. The molecule has 0 aliphatic carbocycles. The first kappa shape index (κ1) is 13.6. The van der Waals surface area contributed by atoms with E-state index in [0.717, 1.165) is 5.56 Å². The molecule has 1 amide bonds. The summed E-state index contributed by atoms with van der Waals surface area (Å²) >= 11 is 5.96. The zero-order valence-corrected chi connectivity index (χ0v) is 11.8. The molecule has 0 aliphatic rings. The molecule has 0 fully saturated rings. The van der Waals surface area contributed by atoms with Gasteiger partial charge in [-0.25, -0.2) is 0 Å². The van der Waals surface area contributed by atoms with E-state index in [0.29, 0.717) is 10.7 Å². The van der Waals surface area contributed by atoms with E-state index in [4.69, 9.17) is 16.1 Å². The summed E-state index contributed by atoms with van der Waals surface area (Å²) in [6, 6.07) is 8.98. The number of hydrogen-bond acceptors (Lipinski definition) is 3. The third-order valence-corrected chi connectivity index (χ3v) is 3.31. The summed E-state index contributed by atoms with van der Waals surface area (Å²) in [5.41, 5.74) is 1.66. The molecule has 1 heterocycles. The molecule has 0 aliphatic heterocycles. The van der Waals surface area contributed by atoms with E-state index in [1.165, 1.54) is 0 Å². The van der Waals surface area contributed by atoms with Crippen LogP contribution in [0.5, 0.6) is 0 Å². The molecule has 2 aromatic rings. The smallest absolute Gasteiger partial charge is 0.292 e. The zero-order valence-electron chi connectivity index (χ0n) is 11.1. The summed E-state index contributed by atoms with van der Waals surface area (Å²) < 4.78 is 4.99. The Balaban J connectivity index is 2.19. The average Bonchev–Trinajstić information content (AvgIpc) is 2.83. The molecule has 1 aromatic carbocycles. The average molecular weight is 279 g/mol. The van der Waals surface area contributed by atoms with Crippen LogP contribution in [0.2, 0.25) is 5.02 Å². The number of carbonyl (C=O) groups is 1. The van der Waals surface area contributed by atoms with Gasteiger partial charge in [0.2, 0.25) is 5.76 Å². The van der Waals surface area contributed by atoms with Gasteiger partial charge in [-0.3, -0.25) is 4.79 Å². The van der Waals surface area contributed by atoms with Gasteiger partial charge >= 0.3 is 0 Å². The lowest BCUT2D eigenvalue weighted by atomic mass is 10.1. The predicted molar refractivity (Wildman–Crippen MR) is 73.2 cm³/mol. The highest BCUT2D eigenvalue weighted by atomic mass is 35.5. The minimum Gasteiger partial charge on any atom is -0.351 e. The fourth-order valence-corrected chi connectivity index (χ4v) is 2.00. The Morgan fingerprint density at radius 3 is 2.74 bits per heavy atom. The molecule has 0 spiro atoms. The summed E-state index contributed by atoms with van der Waals surface area (Å²) in [4.78, 5) is 13.8. The largest absolute Gasteiger partial charge is 0.351 e. The van der Waals surface area contributed by atoms with Crippen LogP contribution in [0, 0.1) is 6.92 Å². The molecule has 4 nitrogen and oxygen atoms in total. The second kappa shape index (κ2) is 5.45. The summed E-state index contributed by atoms with van der Waals surface area (Å²) in [6.07, 6.45) is 0. The third-order valence-electron chi connectivity index (χ3n) is 3.07. The summed E-state index contributed by atoms with van der Waals surface area (Å²) in [5.74, 6) is 0.0435. The van der Waals surface area contributed by atoms with Crippen molar-refractivity contribution in [1.82, 2.24) is 10.1 Å². The highest BCUT2D eigenvalue weighted by molar-refractivity contribution is 6.30. The van der Waals surface area contributed by atoms with Crippen LogP contribution in [-0.2, 0) is 0 Å². The van der Waals surface area contributed by atoms with E-state index in [9.17, 15) is 4.79 Å². The Morgan fingerprint density at radius 2 is 2.16 bits per heavy atom. The molecule has 100 valence electrons. The molecule has 1 atom stereocenters. The number of rotatable bonds is 3. The Labute approximate surface area is 117 Å². The van der Waals surface area contributed by atoms with E-state index >= 15 is 0 Å². The Kier molecular flexibility index (Phi) is 3.90. The highest BCUT2D eigenvalue weighted by Gasteiger charge is 2.22. The van der Waals surface area contributed by atoms with Crippen molar-refractivity contribution in [3.8, 4) is 0 Å². The molecule has 0 N–H and O–H groups in total. The Morgan fingerprint density at radius 1 is 1.42 bits per heavy atom. The van der Waals surface area contributed by atoms with Crippen molar-refractivity contribution in [2.45, 2.75) is 19.9 Å². The molecular formula is C14H15ClN2O2. The van der Waals surface area contributed by atoms with Gasteiger partial charge in [0.15, 0.2) is 0 Å². The fourth-order valence-electron chi connectivity index (χ4n) is 1.80. The van der Waals surface area contributed by atoms with Gasteiger partial charge < -0.3 is 9.42 Å². The Bertz CT molecular complexity index is 595. The number of carbonyl (C=O) groups excluding carboxylic acids is 1. The first-order chi connectivity index (χ1) is 8.99. The SMILES string of the molecule is Cc1cc(C(=O)N(C)C(C)c2cccc(Cl)c2)on1. The molecule has 0 bridgehead atoms. The van der Waals surface area contributed by atoms with Gasteiger partial charge in [-0.2, -0.15) is 0 Å². The van der Waals surface area contributed by atoms with Crippen molar-refractivity contribution < 1.29 is 9.32 Å². The van der Waals surface area contributed by atoms with E-state index in [1.54, 1.807) is 31.0 Å². The van der Waals surface area contributed by atoms with Crippen molar-refractivity contribution in [1.29, 1.82) is 0 Å². The molecule has 5 heteroatoms. The number of aromatic nitrogens is 1. The normalized spacial score (nSPS) is 12.2. The van der Waals surface area contributed by atoms with Crippen LogP contribution in [-0.4, -0.2) is 23.0 Å². The number of nitrogens with zero attached hydrogens (tertiary/aromatic N) is 2. The van der Waals surface area contributed by atoms with Crippen LogP contribution < -0.4 is 0 Å². The van der Waals surface area contributed by atoms with Crippen LogP contribution in [0.3, 0.4) is 0 Å². The molecule has 1 aromatic heterocycles. The van der Waals surface area contributed by atoms with Crippen molar-refractivity contribution >= 4 is 17.5 Å². The van der Waals surface area contributed by atoms with E-state index < -0.39 is 0 Å². The molecule has 0 radical (unpaired) electrons.